The molecule has 0 amide bonds. The zero-order chi connectivity index (χ0) is 42.8. The molecule has 0 aliphatic carbocycles. The lowest BCUT2D eigenvalue weighted by Gasteiger charge is -2.28. The van der Waals surface area contributed by atoms with Crippen molar-refractivity contribution in [2.75, 3.05) is 4.90 Å². The van der Waals surface area contributed by atoms with Gasteiger partial charge in [0.05, 0.1) is 22.4 Å². The molecule has 0 saturated carbocycles. The Kier molecular flexibility index (Phi) is 8.53. The zero-order valence-electron chi connectivity index (χ0n) is 35.4. The van der Waals surface area contributed by atoms with Crippen LogP contribution in [0.4, 0.5) is 17.1 Å². The predicted molar refractivity (Wildman–Crippen MR) is 274 cm³/mol. The first kappa shape index (κ1) is 36.9. The van der Waals surface area contributed by atoms with E-state index in [1.165, 1.54) is 49.1 Å². The summed E-state index contributed by atoms with van der Waals surface area (Å²) in [4.78, 5) is 2.41. The van der Waals surface area contributed by atoms with Crippen molar-refractivity contribution in [3.05, 3.63) is 243 Å². The molecule has 0 fully saturated rings. The molecule has 13 rings (SSSR count). The third kappa shape index (κ3) is 6.05. The second-order valence-corrected chi connectivity index (χ2v) is 16.8. The van der Waals surface area contributed by atoms with Gasteiger partial charge in [-0.2, -0.15) is 0 Å². The summed E-state index contributed by atoms with van der Waals surface area (Å²) in [5.41, 5.74) is 15.5. The highest BCUT2D eigenvalue weighted by atomic mass is 16.3. The normalized spacial score (nSPS) is 11.7. The Morgan fingerprint density at radius 3 is 1.71 bits per heavy atom. The Hall–Kier alpha value is -8.66. The fraction of sp³-hybridized carbons (Fsp3) is 0. The van der Waals surface area contributed by atoms with Gasteiger partial charge in [0.15, 0.2) is 0 Å². The summed E-state index contributed by atoms with van der Waals surface area (Å²) < 4.78 is 8.98. The van der Waals surface area contributed by atoms with Crippen LogP contribution in [-0.2, 0) is 0 Å². The van der Waals surface area contributed by atoms with E-state index in [0.29, 0.717) is 0 Å². The minimum Gasteiger partial charge on any atom is -0.455 e. The van der Waals surface area contributed by atoms with Crippen molar-refractivity contribution in [1.82, 2.24) is 4.57 Å². The van der Waals surface area contributed by atoms with Crippen LogP contribution in [0.2, 0.25) is 0 Å². The van der Waals surface area contributed by atoms with Crippen LogP contribution in [0.1, 0.15) is 0 Å². The number of furan rings is 1. The molecule has 13 aromatic rings. The number of fused-ring (bicyclic) bond motifs is 9. The first-order valence-electron chi connectivity index (χ1n) is 22.2. The summed E-state index contributed by atoms with van der Waals surface area (Å²) in [7, 11) is 0. The molecule has 0 bridgehead atoms. The minimum absolute atomic E-state index is 0.883. The molecule has 0 aliphatic rings. The summed E-state index contributed by atoms with van der Waals surface area (Å²) in [6, 6.07) is 87.8. The molecule has 2 aromatic heterocycles. The third-order valence-electron chi connectivity index (χ3n) is 13.2. The van der Waals surface area contributed by atoms with E-state index in [2.05, 4.69) is 252 Å². The van der Waals surface area contributed by atoms with Crippen molar-refractivity contribution < 1.29 is 4.42 Å². The van der Waals surface area contributed by atoms with Gasteiger partial charge < -0.3 is 13.9 Å². The van der Waals surface area contributed by atoms with Crippen molar-refractivity contribution in [2.24, 2.45) is 0 Å². The summed E-state index contributed by atoms with van der Waals surface area (Å²) in [5.74, 6) is 0. The highest BCUT2D eigenvalue weighted by Gasteiger charge is 2.21. The lowest BCUT2D eigenvalue weighted by Crippen LogP contribution is -2.11. The molecule has 3 nitrogen and oxygen atoms in total. The number of anilines is 3. The maximum Gasteiger partial charge on any atom is 0.143 e. The van der Waals surface area contributed by atoms with Crippen molar-refractivity contribution in [3.8, 4) is 39.1 Å². The van der Waals surface area contributed by atoms with Gasteiger partial charge in [0.1, 0.15) is 11.2 Å². The second-order valence-electron chi connectivity index (χ2n) is 16.8. The van der Waals surface area contributed by atoms with E-state index in [4.69, 9.17) is 4.42 Å². The standard InChI is InChI=1S/C62H40N2O/c1-3-20-48-41(15-1)17-14-26-49(48)44-18-13-19-47(39-44)63(57-27-9-6-22-51(57)45-34-38-61-56(40-45)55-37-33-42-16-2-4-23-52(42)62(55)65-61)46-35-31-43(32-36-46)50-21-5-10-28-58(50)64-59-29-11-7-24-53(59)54-25-8-12-30-60(54)64/h1-40H. The molecule has 0 atom stereocenters. The number of aromatic nitrogens is 1. The van der Waals surface area contributed by atoms with Gasteiger partial charge in [-0.05, 0) is 105 Å². The molecule has 0 saturated heterocycles. The molecule has 65 heavy (non-hydrogen) atoms. The Balaban J connectivity index is 0.980. The summed E-state index contributed by atoms with van der Waals surface area (Å²) in [6.07, 6.45) is 0. The summed E-state index contributed by atoms with van der Waals surface area (Å²) in [5, 5.41) is 9.49. The average Bonchev–Trinajstić information content (AvgIpc) is 3.93. The fourth-order valence-corrected chi connectivity index (χ4v) is 10.2. The molecule has 0 radical (unpaired) electrons. The number of benzene rings is 11. The van der Waals surface area contributed by atoms with Gasteiger partial charge >= 0.3 is 0 Å². The van der Waals surface area contributed by atoms with E-state index in [0.717, 1.165) is 72.3 Å². The lowest BCUT2D eigenvalue weighted by atomic mass is 9.96. The van der Waals surface area contributed by atoms with Gasteiger partial charge in [0.2, 0.25) is 0 Å². The highest BCUT2D eigenvalue weighted by Crippen LogP contribution is 2.45. The number of hydrogen-bond donors (Lipinski definition) is 0. The number of nitrogens with zero attached hydrogens (tertiary/aromatic N) is 2. The molecule has 3 heteroatoms. The van der Waals surface area contributed by atoms with Crippen LogP contribution in [0.3, 0.4) is 0 Å². The maximum absolute atomic E-state index is 6.57. The van der Waals surface area contributed by atoms with Gasteiger partial charge in [-0.25, -0.2) is 0 Å². The van der Waals surface area contributed by atoms with E-state index in [-0.39, 0.29) is 0 Å². The molecule has 0 unspecified atom stereocenters. The predicted octanol–water partition coefficient (Wildman–Crippen LogP) is 17.5. The maximum atomic E-state index is 6.57. The van der Waals surface area contributed by atoms with Crippen molar-refractivity contribution in [1.29, 1.82) is 0 Å². The number of para-hydroxylation sites is 4. The Morgan fingerprint density at radius 1 is 0.323 bits per heavy atom. The van der Waals surface area contributed by atoms with Gasteiger partial charge in [-0.15, -0.1) is 0 Å². The summed E-state index contributed by atoms with van der Waals surface area (Å²) >= 11 is 0. The lowest BCUT2D eigenvalue weighted by molar-refractivity contribution is 0.672. The molecule has 304 valence electrons. The van der Waals surface area contributed by atoms with Crippen LogP contribution >= 0.6 is 0 Å². The monoisotopic (exact) mass is 828 g/mol. The van der Waals surface area contributed by atoms with Crippen molar-refractivity contribution in [3.63, 3.8) is 0 Å². The van der Waals surface area contributed by atoms with Gasteiger partial charge in [0, 0.05) is 49.4 Å². The van der Waals surface area contributed by atoms with E-state index >= 15 is 0 Å². The first-order chi connectivity index (χ1) is 32.2. The van der Waals surface area contributed by atoms with E-state index in [1.54, 1.807) is 0 Å². The van der Waals surface area contributed by atoms with Gasteiger partial charge in [-0.1, -0.05) is 176 Å². The van der Waals surface area contributed by atoms with Crippen molar-refractivity contribution in [2.45, 2.75) is 0 Å². The van der Waals surface area contributed by atoms with E-state index in [9.17, 15) is 0 Å². The smallest absolute Gasteiger partial charge is 0.143 e. The zero-order valence-corrected chi connectivity index (χ0v) is 35.4. The molecular weight excluding hydrogens is 789 g/mol. The Labute approximate surface area is 376 Å². The van der Waals surface area contributed by atoms with E-state index < -0.39 is 0 Å². The molecule has 0 aliphatic heterocycles. The summed E-state index contributed by atoms with van der Waals surface area (Å²) in [6.45, 7) is 0. The Morgan fingerprint density at radius 2 is 0.908 bits per heavy atom. The molecule has 2 heterocycles. The van der Waals surface area contributed by atoms with Crippen LogP contribution in [0.25, 0.3) is 104 Å². The highest BCUT2D eigenvalue weighted by molar-refractivity contribution is 6.16. The first-order valence-corrected chi connectivity index (χ1v) is 22.2. The number of rotatable bonds is 7. The van der Waals surface area contributed by atoms with Gasteiger partial charge in [-0.3, -0.25) is 0 Å². The fourth-order valence-electron chi connectivity index (χ4n) is 10.2. The van der Waals surface area contributed by atoms with Crippen LogP contribution in [0.15, 0.2) is 247 Å². The Bertz CT molecular complexity index is 3910. The number of hydrogen-bond acceptors (Lipinski definition) is 2. The van der Waals surface area contributed by atoms with Crippen LogP contribution in [-0.4, -0.2) is 4.57 Å². The van der Waals surface area contributed by atoms with Crippen LogP contribution in [0, 0.1) is 0 Å². The minimum atomic E-state index is 0.883. The largest absolute Gasteiger partial charge is 0.455 e. The molecule has 0 spiro atoms. The van der Waals surface area contributed by atoms with Crippen LogP contribution < -0.4 is 4.90 Å². The quantitative estimate of drug-likeness (QED) is 0.160. The van der Waals surface area contributed by atoms with Crippen molar-refractivity contribution >= 4 is 82.4 Å². The average molecular weight is 829 g/mol. The molecule has 11 aromatic carbocycles. The third-order valence-corrected chi connectivity index (χ3v) is 13.2. The SMILES string of the molecule is c1cc(-c2cccc3ccccc23)cc(N(c2ccc(-c3ccccc3-n3c4ccccc4c4ccccc43)cc2)c2ccccc2-c2ccc3oc4c5ccccc5ccc4c3c2)c1. The molecular formula is C62H40N2O. The topological polar surface area (TPSA) is 21.3 Å². The van der Waals surface area contributed by atoms with Gasteiger partial charge in [0.25, 0.3) is 0 Å². The van der Waals surface area contributed by atoms with E-state index in [1.807, 2.05) is 0 Å². The second kappa shape index (κ2) is 15.0. The molecule has 0 N–H and O–H groups in total. The van der Waals surface area contributed by atoms with Crippen LogP contribution in [0.5, 0.6) is 0 Å².